The third-order valence-electron chi connectivity index (χ3n) is 4.72. The predicted molar refractivity (Wildman–Crippen MR) is 97.6 cm³/mol. The van der Waals surface area contributed by atoms with E-state index in [9.17, 15) is 4.79 Å². The number of nitrogens with one attached hydrogen (secondary N) is 1. The molecule has 3 nitrogen and oxygen atoms in total. The zero-order chi connectivity index (χ0) is 16.6. The normalized spacial score (nSPS) is 18.2. The SMILES string of the molecule is O=C(Cc1ccccc1)NCC1CCCCN1Cc1ccccc1. The number of benzene rings is 2. The van der Waals surface area contributed by atoms with Crippen molar-refractivity contribution in [2.75, 3.05) is 13.1 Å². The maximum atomic E-state index is 12.2. The van der Waals surface area contributed by atoms with Crippen molar-refractivity contribution < 1.29 is 4.79 Å². The van der Waals surface area contributed by atoms with Crippen LogP contribution >= 0.6 is 0 Å². The number of carbonyl (C=O) groups is 1. The summed E-state index contributed by atoms with van der Waals surface area (Å²) in [5.74, 6) is 0.117. The van der Waals surface area contributed by atoms with E-state index in [2.05, 4.69) is 40.5 Å². The number of amides is 1. The highest BCUT2D eigenvalue weighted by atomic mass is 16.1. The van der Waals surface area contributed by atoms with Crippen molar-refractivity contribution >= 4 is 5.91 Å². The lowest BCUT2D eigenvalue weighted by molar-refractivity contribution is -0.120. The average Bonchev–Trinajstić information content (AvgIpc) is 2.63. The van der Waals surface area contributed by atoms with Crippen molar-refractivity contribution in [2.45, 2.75) is 38.3 Å². The summed E-state index contributed by atoms with van der Waals surface area (Å²) in [6, 6.07) is 21.0. The summed E-state index contributed by atoms with van der Waals surface area (Å²) in [4.78, 5) is 14.7. The molecule has 1 heterocycles. The number of hydrogen-bond donors (Lipinski definition) is 1. The lowest BCUT2D eigenvalue weighted by Gasteiger charge is -2.36. The van der Waals surface area contributed by atoms with Crippen LogP contribution in [0.25, 0.3) is 0 Å². The molecule has 0 spiro atoms. The molecule has 0 aromatic heterocycles. The number of piperidine rings is 1. The Kier molecular flexibility index (Phi) is 6.02. The molecule has 3 rings (SSSR count). The van der Waals surface area contributed by atoms with Gasteiger partial charge in [0, 0.05) is 19.1 Å². The van der Waals surface area contributed by atoms with Gasteiger partial charge in [0.25, 0.3) is 0 Å². The van der Waals surface area contributed by atoms with Crippen molar-refractivity contribution in [3.05, 3.63) is 71.8 Å². The van der Waals surface area contributed by atoms with Crippen LogP contribution in [0.4, 0.5) is 0 Å². The molecule has 0 radical (unpaired) electrons. The predicted octanol–water partition coefficient (Wildman–Crippen LogP) is 3.40. The summed E-state index contributed by atoms with van der Waals surface area (Å²) < 4.78 is 0. The first-order valence-electron chi connectivity index (χ1n) is 8.90. The lowest BCUT2D eigenvalue weighted by atomic mass is 10.0. The molecule has 2 aromatic carbocycles. The average molecular weight is 322 g/mol. The van der Waals surface area contributed by atoms with E-state index < -0.39 is 0 Å². The second kappa shape index (κ2) is 8.65. The Hall–Kier alpha value is -2.13. The first-order chi connectivity index (χ1) is 11.8. The van der Waals surface area contributed by atoms with Gasteiger partial charge in [-0.05, 0) is 30.5 Å². The van der Waals surface area contributed by atoms with Gasteiger partial charge >= 0.3 is 0 Å². The van der Waals surface area contributed by atoms with E-state index >= 15 is 0 Å². The summed E-state index contributed by atoms with van der Waals surface area (Å²) in [6.07, 6.45) is 4.14. The largest absolute Gasteiger partial charge is 0.354 e. The van der Waals surface area contributed by atoms with Gasteiger partial charge in [-0.1, -0.05) is 67.1 Å². The van der Waals surface area contributed by atoms with E-state index in [-0.39, 0.29) is 5.91 Å². The molecule has 1 aliphatic heterocycles. The zero-order valence-corrected chi connectivity index (χ0v) is 14.2. The van der Waals surface area contributed by atoms with Gasteiger partial charge in [0.2, 0.25) is 5.91 Å². The van der Waals surface area contributed by atoms with Crippen LogP contribution in [0.15, 0.2) is 60.7 Å². The van der Waals surface area contributed by atoms with Crippen LogP contribution in [0, 0.1) is 0 Å². The molecule has 0 bridgehead atoms. The van der Waals surface area contributed by atoms with E-state index in [0.717, 1.165) is 25.2 Å². The Morgan fingerprint density at radius 2 is 1.62 bits per heavy atom. The van der Waals surface area contributed by atoms with Crippen LogP contribution in [0.5, 0.6) is 0 Å². The van der Waals surface area contributed by atoms with E-state index in [1.807, 2.05) is 30.3 Å². The van der Waals surface area contributed by atoms with Crippen LogP contribution in [0.2, 0.25) is 0 Å². The van der Waals surface area contributed by atoms with Gasteiger partial charge in [0.1, 0.15) is 0 Å². The molecule has 1 aliphatic rings. The van der Waals surface area contributed by atoms with Gasteiger partial charge in [-0.15, -0.1) is 0 Å². The molecule has 1 fully saturated rings. The molecule has 1 unspecified atom stereocenters. The van der Waals surface area contributed by atoms with Gasteiger partial charge in [-0.3, -0.25) is 9.69 Å². The molecule has 0 saturated carbocycles. The highest BCUT2D eigenvalue weighted by Gasteiger charge is 2.22. The van der Waals surface area contributed by atoms with E-state index in [1.165, 1.54) is 24.8 Å². The second-order valence-electron chi connectivity index (χ2n) is 6.57. The molecular formula is C21H26N2O. The number of likely N-dealkylation sites (tertiary alicyclic amines) is 1. The number of carbonyl (C=O) groups excluding carboxylic acids is 1. The fraction of sp³-hybridized carbons (Fsp3) is 0.381. The van der Waals surface area contributed by atoms with Crippen LogP contribution < -0.4 is 5.32 Å². The van der Waals surface area contributed by atoms with E-state index in [0.29, 0.717) is 12.5 Å². The van der Waals surface area contributed by atoms with Gasteiger partial charge < -0.3 is 5.32 Å². The highest BCUT2D eigenvalue weighted by molar-refractivity contribution is 5.78. The number of hydrogen-bond acceptors (Lipinski definition) is 2. The second-order valence-corrected chi connectivity index (χ2v) is 6.57. The zero-order valence-electron chi connectivity index (χ0n) is 14.2. The molecule has 0 aliphatic carbocycles. The van der Waals surface area contributed by atoms with Gasteiger partial charge in [0.05, 0.1) is 6.42 Å². The summed E-state index contributed by atoms with van der Waals surface area (Å²) in [5.41, 5.74) is 2.42. The smallest absolute Gasteiger partial charge is 0.224 e. The minimum Gasteiger partial charge on any atom is -0.354 e. The third-order valence-corrected chi connectivity index (χ3v) is 4.72. The van der Waals surface area contributed by atoms with E-state index in [1.54, 1.807) is 0 Å². The molecule has 126 valence electrons. The molecule has 1 amide bonds. The van der Waals surface area contributed by atoms with Crippen LogP contribution in [0.1, 0.15) is 30.4 Å². The highest BCUT2D eigenvalue weighted by Crippen LogP contribution is 2.19. The van der Waals surface area contributed by atoms with Gasteiger partial charge in [0.15, 0.2) is 0 Å². The Labute approximate surface area is 144 Å². The monoisotopic (exact) mass is 322 g/mol. The molecule has 1 atom stereocenters. The number of rotatable bonds is 6. The Morgan fingerprint density at radius 3 is 2.33 bits per heavy atom. The van der Waals surface area contributed by atoms with E-state index in [4.69, 9.17) is 0 Å². The standard InChI is InChI=1S/C21H26N2O/c24-21(15-18-9-3-1-4-10-18)22-16-20-13-7-8-14-23(20)17-19-11-5-2-6-12-19/h1-6,9-12,20H,7-8,13-17H2,(H,22,24). The molecule has 1 N–H and O–H groups in total. The Morgan fingerprint density at radius 1 is 0.958 bits per heavy atom. The number of nitrogens with zero attached hydrogens (tertiary/aromatic N) is 1. The minimum atomic E-state index is 0.117. The van der Waals surface area contributed by atoms with Crippen molar-refractivity contribution in [2.24, 2.45) is 0 Å². The molecule has 1 saturated heterocycles. The van der Waals surface area contributed by atoms with Gasteiger partial charge in [-0.25, -0.2) is 0 Å². The van der Waals surface area contributed by atoms with Crippen LogP contribution in [-0.4, -0.2) is 29.9 Å². The van der Waals surface area contributed by atoms with Crippen LogP contribution in [-0.2, 0) is 17.8 Å². The quantitative estimate of drug-likeness (QED) is 0.884. The van der Waals surface area contributed by atoms with Crippen molar-refractivity contribution in [3.63, 3.8) is 0 Å². The molecule has 3 heteroatoms. The summed E-state index contributed by atoms with van der Waals surface area (Å²) >= 11 is 0. The van der Waals surface area contributed by atoms with Crippen molar-refractivity contribution in [3.8, 4) is 0 Å². The first kappa shape index (κ1) is 16.7. The lowest BCUT2D eigenvalue weighted by Crippen LogP contribution is -2.46. The van der Waals surface area contributed by atoms with Gasteiger partial charge in [-0.2, -0.15) is 0 Å². The summed E-state index contributed by atoms with van der Waals surface area (Å²) in [5, 5.41) is 3.14. The Balaban J connectivity index is 1.51. The van der Waals surface area contributed by atoms with Crippen molar-refractivity contribution in [1.82, 2.24) is 10.2 Å². The molecular weight excluding hydrogens is 296 g/mol. The Bertz CT molecular complexity index is 627. The van der Waals surface area contributed by atoms with Crippen molar-refractivity contribution in [1.29, 1.82) is 0 Å². The maximum Gasteiger partial charge on any atom is 0.224 e. The fourth-order valence-corrected chi connectivity index (χ4v) is 3.39. The topological polar surface area (TPSA) is 32.3 Å². The molecule has 2 aromatic rings. The minimum absolute atomic E-state index is 0.117. The third kappa shape index (κ3) is 4.93. The first-order valence-corrected chi connectivity index (χ1v) is 8.90. The fourth-order valence-electron chi connectivity index (χ4n) is 3.39. The summed E-state index contributed by atoms with van der Waals surface area (Å²) in [6.45, 7) is 2.84. The summed E-state index contributed by atoms with van der Waals surface area (Å²) in [7, 11) is 0. The molecule has 24 heavy (non-hydrogen) atoms. The maximum absolute atomic E-state index is 12.2. The van der Waals surface area contributed by atoms with Crippen LogP contribution in [0.3, 0.4) is 0 Å².